The molecule has 1 rings (SSSR count). The molecule has 0 aromatic heterocycles. The summed E-state index contributed by atoms with van der Waals surface area (Å²) >= 11 is 3.31. The topological polar surface area (TPSA) is 52.9 Å². The average Bonchev–Trinajstić information content (AvgIpc) is 2.17. The molecule has 1 aromatic rings. The molecule has 1 unspecified atom stereocenters. The third-order valence-corrected chi connectivity index (χ3v) is 2.31. The maximum absolute atomic E-state index is 11.4. The van der Waals surface area contributed by atoms with Crippen LogP contribution in [-0.4, -0.2) is 5.91 Å². The molecule has 1 aromatic carbocycles. The summed E-state index contributed by atoms with van der Waals surface area (Å²) < 4.78 is 0.911. The summed E-state index contributed by atoms with van der Waals surface area (Å²) in [5.74, 6) is -0.390. The molecular weight excluding hydrogens is 256 g/mol. The highest BCUT2D eigenvalue weighted by Gasteiger charge is 2.07. The number of carbonyl (C=O) groups excluding carboxylic acids is 1. The van der Waals surface area contributed by atoms with E-state index in [2.05, 4.69) is 21.2 Å². The lowest BCUT2D eigenvalue weighted by Gasteiger charge is -2.05. The Morgan fingerprint density at radius 1 is 1.67 bits per heavy atom. The van der Waals surface area contributed by atoms with Gasteiger partial charge in [-0.15, -0.1) is 0 Å². The van der Waals surface area contributed by atoms with Crippen molar-refractivity contribution < 1.29 is 4.79 Å². The number of hydrogen-bond donors (Lipinski definition) is 1. The molecule has 0 bridgehead atoms. The molecular formula is C11H11BrN2O. The largest absolute Gasteiger partial charge is 0.326 e. The summed E-state index contributed by atoms with van der Waals surface area (Å²) in [5.41, 5.74) is 0.736. The van der Waals surface area contributed by atoms with E-state index in [4.69, 9.17) is 5.26 Å². The maximum Gasteiger partial charge on any atom is 0.225 e. The van der Waals surface area contributed by atoms with Crippen molar-refractivity contribution in [2.24, 2.45) is 5.92 Å². The highest BCUT2D eigenvalue weighted by Crippen LogP contribution is 2.16. The lowest BCUT2D eigenvalue weighted by Crippen LogP contribution is -2.14. The number of amides is 1. The molecule has 0 aliphatic carbocycles. The molecule has 0 fully saturated rings. The van der Waals surface area contributed by atoms with E-state index in [1.54, 1.807) is 13.0 Å². The molecule has 1 amide bonds. The molecule has 15 heavy (non-hydrogen) atoms. The van der Waals surface area contributed by atoms with Crippen molar-refractivity contribution >= 4 is 27.5 Å². The summed E-state index contributed by atoms with van der Waals surface area (Å²) in [6, 6.07) is 9.37. The molecule has 4 heteroatoms. The zero-order chi connectivity index (χ0) is 11.3. The normalized spacial score (nSPS) is 11.5. The summed E-state index contributed by atoms with van der Waals surface area (Å²) in [7, 11) is 0. The van der Waals surface area contributed by atoms with Crippen LogP contribution in [0.3, 0.4) is 0 Å². The van der Waals surface area contributed by atoms with Gasteiger partial charge < -0.3 is 5.32 Å². The van der Waals surface area contributed by atoms with E-state index in [1.807, 2.05) is 24.3 Å². The zero-order valence-corrected chi connectivity index (χ0v) is 9.91. The van der Waals surface area contributed by atoms with Gasteiger partial charge in [0.25, 0.3) is 0 Å². The second-order valence-corrected chi connectivity index (χ2v) is 4.21. The number of rotatable bonds is 3. The third-order valence-electron chi connectivity index (χ3n) is 1.82. The van der Waals surface area contributed by atoms with Gasteiger partial charge in [0.2, 0.25) is 5.91 Å². The molecule has 1 N–H and O–H groups in total. The van der Waals surface area contributed by atoms with Gasteiger partial charge in [0.05, 0.1) is 12.0 Å². The van der Waals surface area contributed by atoms with Crippen LogP contribution in [0.2, 0.25) is 0 Å². The molecule has 0 spiro atoms. The summed E-state index contributed by atoms with van der Waals surface area (Å²) in [6.07, 6.45) is 0.225. The van der Waals surface area contributed by atoms with E-state index in [9.17, 15) is 4.79 Å². The maximum atomic E-state index is 11.4. The van der Waals surface area contributed by atoms with Crippen LogP contribution in [0.1, 0.15) is 13.3 Å². The fraction of sp³-hybridized carbons (Fsp3) is 0.273. The van der Waals surface area contributed by atoms with Crippen LogP contribution in [-0.2, 0) is 4.79 Å². The number of nitrogens with zero attached hydrogens (tertiary/aromatic N) is 1. The molecule has 0 radical (unpaired) electrons. The monoisotopic (exact) mass is 266 g/mol. The van der Waals surface area contributed by atoms with Gasteiger partial charge in [0.15, 0.2) is 0 Å². The van der Waals surface area contributed by atoms with Crippen LogP contribution in [0, 0.1) is 17.2 Å². The van der Waals surface area contributed by atoms with Gasteiger partial charge in [0, 0.05) is 16.6 Å². The first kappa shape index (κ1) is 11.7. The van der Waals surface area contributed by atoms with Crippen molar-refractivity contribution in [2.45, 2.75) is 13.3 Å². The Morgan fingerprint density at radius 2 is 2.40 bits per heavy atom. The Kier molecular flexibility index (Phi) is 4.32. The molecule has 78 valence electrons. The standard InChI is InChI=1S/C11H11BrN2O/c1-8(7-13)5-11(15)14-10-4-2-3-9(12)6-10/h2-4,6,8H,5H2,1H3,(H,14,15). The second-order valence-electron chi connectivity index (χ2n) is 3.29. The second kappa shape index (κ2) is 5.52. The van der Waals surface area contributed by atoms with Crippen molar-refractivity contribution in [1.29, 1.82) is 5.26 Å². The van der Waals surface area contributed by atoms with Crippen molar-refractivity contribution in [3.8, 4) is 6.07 Å². The Labute approximate surface area is 97.2 Å². The molecule has 1 atom stereocenters. The van der Waals surface area contributed by atoms with Crippen molar-refractivity contribution in [1.82, 2.24) is 0 Å². The van der Waals surface area contributed by atoms with Crippen molar-refractivity contribution in [3.05, 3.63) is 28.7 Å². The predicted octanol–water partition coefficient (Wildman–Crippen LogP) is 2.94. The molecule has 0 heterocycles. The number of anilines is 1. The van der Waals surface area contributed by atoms with E-state index in [0.29, 0.717) is 0 Å². The van der Waals surface area contributed by atoms with Crippen LogP contribution in [0.25, 0.3) is 0 Å². The summed E-state index contributed by atoms with van der Waals surface area (Å²) in [4.78, 5) is 11.4. The smallest absolute Gasteiger partial charge is 0.225 e. The van der Waals surface area contributed by atoms with Crippen molar-refractivity contribution in [2.75, 3.05) is 5.32 Å². The fourth-order valence-electron chi connectivity index (χ4n) is 1.10. The van der Waals surface area contributed by atoms with Gasteiger partial charge in [0.1, 0.15) is 0 Å². The van der Waals surface area contributed by atoms with E-state index in [1.165, 1.54) is 0 Å². The van der Waals surface area contributed by atoms with Crippen molar-refractivity contribution in [3.63, 3.8) is 0 Å². The van der Waals surface area contributed by atoms with E-state index < -0.39 is 0 Å². The van der Waals surface area contributed by atoms with Gasteiger partial charge in [-0.3, -0.25) is 4.79 Å². The number of benzene rings is 1. The summed E-state index contributed by atoms with van der Waals surface area (Å²) in [6.45, 7) is 1.72. The number of nitriles is 1. The van der Waals surface area contributed by atoms with Gasteiger partial charge in [-0.2, -0.15) is 5.26 Å². The molecule has 0 aliphatic rings. The SMILES string of the molecule is CC(C#N)CC(=O)Nc1cccc(Br)c1. The summed E-state index contributed by atoms with van der Waals surface area (Å²) in [5, 5.41) is 11.3. The molecule has 0 saturated heterocycles. The minimum absolute atomic E-state index is 0.137. The highest BCUT2D eigenvalue weighted by molar-refractivity contribution is 9.10. The first-order valence-electron chi connectivity index (χ1n) is 4.57. The Balaban J connectivity index is 2.56. The zero-order valence-electron chi connectivity index (χ0n) is 8.33. The lowest BCUT2D eigenvalue weighted by molar-refractivity contribution is -0.116. The average molecular weight is 267 g/mol. The van der Waals surface area contributed by atoms with Crippen LogP contribution in [0.4, 0.5) is 5.69 Å². The lowest BCUT2D eigenvalue weighted by atomic mass is 10.1. The van der Waals surface area contributed by atoms with E-state index in [0.717, 1.165) is 10.2 Å². The number of halogens is 1. The third kappa shape index (κ3) is 4.13. The van der Waals surface area contributed by atoms with Crippen LogP contribution in [0.15, 0.2) is 28.7 Å². The Bertz CT molecular complexity index is 398. The Hall–Kier alpha value is -1.34. The van der Waals surface area contributed by atoms with Gasteiger partial charge in [-0.25, -0.2) is 0 Å². The van der Waals surface area contributed by atoms with Crippen LogP contribution >= 0.6 is 15.9 Å². The molecule has 3 nitrogen and oxygen atoms in total. The van der Waals surface area contributed by atoms with Gasteiger partial charge >= 0.3 is 0 Å². The molecule has 0 aliphatic heterocycles. The first-order chi connectivity index (χ1) is 7.11. The van der Waals surface area contributed by atoms with Gasteiger partial charge in [-0.05, 0) is 25.1 Å². The van der Waals surface area contributed by atoms with E-state index in [-0.39, 0.29) is 18.2 Å². The highest BCUT2D eigenvalue weighted by atomic mass is 79.9. The number of hydrogen-bond acceptors (Lipinski definition) is 2. The van der Waals surface area contributed by atoms with Crippen LogP contribution in [0.5, 0.6) is 0 Å². The minimum Gasteiger partial charge on any atom is -0.326 e. The van der Waals surface area contributed by atoms with Crippen LogP contribution < -0.4 is 5.32 Å². The predicted molar refractivity (Wildman–Crippen MR) is 62.2 cm³/mol. The quantitative estimate of drug-likeness (QED) is 0.915. The number of carbonyl (C=O) groups is 1. The first-order valence-corrected chi connectivity index (χ1v) is 5.36. The molecule has 0 saturated carbocycles. The van der Waals surface area contributed by atoms with Gasteiger partial charge in [-0.1, -0.05) is 22.0 Å². The Morgan fingerprint density at radius 3 is 3.00 bits per heavy atom. The number of nitrogens with one attached hydrogen (secondary N) is 1. The minimum atomic E-state index is -0.253. The fourth-order valence-corrected chi connectivity index (χ4v) is 1.50. The van der Waals surface area contributed by atoms with E-state index >= 15 is 0 Å².